The number of methoxy groups -OCH3 is 2. The Bertz CT molecular complexity index is 1810. The van der Waals surface area contributed by atoms with Crippen molar-refractivity contribution < 1.29 is 23.9 Å². The number of likely N-dealkylation sites (N-methyl/N-ethyl adjacent to an activating group) is 1. The predicted molar refractivity (Wildman–Crippen MR) is 175 cm³/mol. The summed E-state index contributed by atoms with van der Waals surface area (Å²) in [4.78, 5) is 41.2. The van der Waals surface area contributed by atoms with Crippen LogP contribution in [0.2, 0.25) is 0 Å². The molecule has 1 heterocycles. The van der Waals surface area contributed by atoms with Crippen molar-refractivity contribution in [2.45, 2.75) is 19.0 Å². The van der Waals surface area contributed by atoms with E-state index in [1.807, 2.05) is 36.4 Å². The maximum absolute atomic E-state index is 13.6. The van der Waals surface area contributed by atoms with E-state index in [0.717, 1.165) is 5.56 Å². The molecule has 0 fully saturated rings. The highest BCUT2D eigenvalue weighted by Gasteiger charge is 2.26. The number of benzene rings is 4. The van der Waals surface area contributed by atoms with Crippen LogP contribution < -0.4 is 25.0 Å². The van der Waals surface area contributed by atoms with Gasteiger partial charge in [0.1, 0.15) is 29.8 Å². The van der Waals surface area contributed by atoms with Crippen LogP contribution in [0.4, 0.5) is 11.4 Å². The van der Waals surface area contributed by atoms with E-state index in [0.29, 0.717) is 46.1 Å². The highest BCUT2D eigenvalue weighted by atomic mass is 16.5. The highest BCUT2D eigenvalue weighted by Crippen LogP contribution is 2.23. The Morgan fingerprint density at radius 3 is 2.35 bits per heavy atom. The molecule has 1 atom stereocenters. The van der Waals surface area contributed by atoms with Gasteiger partial charge in [-0.05, 0) is 54.1 Å². The zero-order valence-electron chi connectivity index (χ0n) is 25.7. The van der Waals surface area contributed by atoms with Crippen LogP contribution in [0.5, 0.6) is 11.5 Å². The molecule has 46 heavy (non-hydrogen) atoms. The van der Waals surface area contributed by atoms with Crippen molar-refractivity contribution in [2.24, 2.45) is 0 Å². The van der Waals surface area contributed by atoms with E-state index >= 15 is 0 Å². The van der Waals surface area contributed by atoms with Gasteiger partial charge in [0, 0.05) is 30.4 Å². The number of carbonyl (C=O) groups excluding carboxylic acids is 3. The first kappa shape index (κ1) is 31.5. The molecule has 0 saturated carbocycles. The molecule has 3 amide bonds. The van der Waals surface area contributed by atoms with Crippen molar-refractivity contribution in [3.8, 4) is 22.8 Å². The summed E-state index contributed by atoms with van der Waals surface area (Å²) in [5, 5.41) is 14.1. The van der Waals surface area contributed by atoms with Gasteiger partial charge in [-0.3, -0.25) is 14.4 Å². The number of nitrogens with one attached hydrogen (secondary N) is 2. The van der Waals surface area contributed by atoms with Gasteiger partial charge in [-0.25, -0.2) is 4.68 Å². The third kappa shape index (κ3) is 7.75. The number of anilines is 2. The van der Waals surface area contributed by atoms with Crippen LogP contribution in [0.1, 0.15) is 15.9 Å². The van der Waals surface area contributed by atoms with Gasteiger partial charge in [-0.1, -0.05) is 59.8 Å². The minimum absolute atomic E-state index is 0.151. The molecule has 11 heteroatoms. The summed E-state index contributed by atoms with van der Waals surface area (Å²) >= 11 is 0. The molecule has 0 spiro atoms. The number of nitrogens with zero attached hydrogens (tertiary/aromatic N) is 4. The fourth-order valence-corrected chi connectivity index (χ4v) is 4.90. The van der Waals surface area contributed by atoms with Crippen molar-refractivity contribution in [3.63, 3.8) is 0 Å². The molecule has 0 aliphatic heterocycles. The van der Waals surface area contributed by atoms with Crippen LogP contribution in [-0.2, 0) is 22.6 Å². The lowest BCUT2D eigenvalue weighted by atomic mass is 10.0. The molecule has 0 bridgehead atoms. The molecule has 0 aliphatic rings. The minimum atomic E-state index is -0.825. The number of para-hydroxylation sites is 1. The lowest BCUT2D eigenvalue weighted by Crippen LogP contribution is -2.49. The summed E-state index contributed by atoms with van der Waals surface area (Å²) in [6.07, 6.45) is 1.94. The van der Waals surface area contributed by atoms with Crippen LogP contribution in [0.3, 0.4) is 0 Å². The summed E-state index contributed by atoms with van der Waals surface area (Å²) in [6, 6.07) is 29.9. The second kappa shape index (κ2) is 14.7. The average Bonchev–Trinajstić information content (AvgIpc) is 3.56. The normalized spacial score (nSPS) is 11.3. The summed E-state index contributed by atoms with van der Waals surface area (Å²) < 4.78 is 11.9. The van der Waals surface area contributed by atoms with Crippen LogP contribution in [0.25, 0.3) is 11.3 Å². The van der Waals surface area contributed by atoms with Gasteiger partial charge in [-0.2, -0.15) is 0 Å². The predicted octanol–water partition coefficient (Wildman–Crippen LogP) is 4.61. The maximum atomic E-state index is 13.6. The number of hydrogen-bond acceptors (Lipinski definition) is 7. The van der Waals surface area contributed by atoms with Crippen molar-refractivity contribution >= 4 is 29.1 Å². The molecule has 5 aromatic rings. The first-order chi connectivity index (χ1) is 22.3. The van der Waals surface area contributed by atoms with Crippen LogP contribution in [0.15, 0.2) is 109 Å². The van der Waals surface area contributed by atoms with Crippen LogP contribution in [0, 0.1) is 0 Å². The van der Waals surface area contributed by atoms with Crippen molar-refractivity contribution in [3.05, 3.63) is 120 Å². The summed E-state index contributed by atoms with van der Waals surface area (Å²) in [5.74, 6) is 0.167. The topological polar surface area (TPSA) is 128 Å². The van der Waals surface area contributed by atoms with Crippen molar-refractivity contribution in [1.29, 1.82) is 0 Å². The quantitative estimate of drug-likeness (QED) is 0.209. The molecule has 11 nitrogen and oxygen atoms in total. The smallest absolute Gasteiger partial charge is 0.259 e. The van der Waals surface area contributed by atoms with E-state index in [-0.39, 0.29) is 18.4 Å². The van der Waals surface area contributed by atoms with Gasteiger partial charge < -0.3 is 25.0 Å². The van der Waals surface area contributed by atoms with Gasteiger partial charge in [0.05, 0.1) is 26.0 Å². The monoisotopic (exact) mass is 618 g/mol. The number of ether oxygens (including phenoxy) is 2. The molecule has 0 radical (unpaired) electrons. The zero-order chi connectivity index (χ0) is 32.5. The van der Waals surface area contributed by atoms with Gasteiger partial charge >= 0.3 is 0 Å². The highest BCUT2D eigenvalue weighted by molar-refractivity contribution is 6.06. The lowest BCUT2D eigenvalue weighted by Gasteiger charge is -2.25. The zero-order valence-corrected chi connectivity index (χ0v) is 25.7. The SMILES string of the molecule is COc1ccc(N(C)C(=O)C(Cc2ccccc2)NC(=O)Cn2cc(-c3cccc(NC(=O)c4ccccc4OC)c3)nn2)cc1. The summed E-state index contributed by atoms with van der Waals surface area (Å²) in [5.41, 5.74) is 3.75. The maximum Gasteiger partial charge on any atom is 0.259 e. The molecule has 2 N–H and O–H groups in total. The van der Waals surface area contributed by atoms with E-state index in [1.165, 1.54) is 16.7 Å². The molecular weight excluding hydrogens is 584 g/mol. The van der Waals surface area contributed by atoms with E-state index in [4.69, 9.17) is 9.47 Å². The van der Waals surface area contributed by atoms with Crippen LogP contribution >= 0.6 is 0 Å². The molecule has 0 saturated heterocycles. The number of hydrogen-bond donors (Lipinski definition) is 2. The second-order valence-electron chi connectivity index (χ2n) is 10.4. The number of rotatable bonds is 12. The number of carbonyl (C=O) groups is 3. The first-order valence-corrected chi connectivity index (χ1v) is 14.5. The van der Waals surface area contributed by atoms with Crippen molar-refractivity contribution in [1.82, 2.24) is 20.3 Å². The van der Waals surface area contributed by atoms with E-state index in [1.54, 1.807) is 87.1 Å². The van der Waals surface area contributed by atoms with Crippen LogP contribution in [-0.4, -0.2) is 60.0 Å². The molecule has 5 rings (SSSR count). The third-order valence-electron chi connectivity index (χ3n) is 7.32. The fraction of sp³-hybridized carbons (Fsp3) is 0.171. The Morgan fingerprint density at radius 1 is 0.870 bits per heavy atom. The molecule has 0 aliphatic carbocycles. The Hall–Kier alpha value is -5.97. The van der Waals surface area contributed by atoms with Crippen molar-refractivity contribution in [2.75, 3.05) is 31.5 Å². The summed E-state index contributed by atoms with van der Waals surface area (Å²) in [6.45, 7) is -0.151. The van der Waals surface area contributed by atoms with E-state index in [2.05, 4.69) is 20.9 Å². The fourth-order valence-electron chi connectivity index (χ4n) is 4.90. The molecule has 4 aromatic carbocycles. The number of aromatic nitrogens is 3. The van der Waals surface area contributed by atoms with Gasteiger partial charge in [-0.15, -0.1) is 5.10 Å². The standard InChI is InChI=1S/C35H34N6O5/c1-40(27-16-18-28(45-2)19-17-27)35(44)30(20-24-10-5-4-6-11-24)37-33(42)23-41-22-31(38-39-41)25-12-9-13-26(21-25)36-34(43)29-14-7-8-15-32(29)46-3/h4-19,21-22,30H,20,23H2,1-3H3,(H,36,43)(H,37,42). The lowest BCUT2D eigenvalue weighted by molar-refractivity contribution is -0.127. The molecule has 1 unspecified atom stereocenters. The van der Waals surface area contributed by atoms with Gasteiger partial charge in [0.25, 0.3) is 5.91 Å². The average molecular weight is 619 g/mol. The number of amides is 3. The molecule has 234 valence electrons. The van der Waals surface area contributed by atoms with E-state index in [9.17, 15) is 14.4 Å². The van der Waals surface area contributed by atoms with Gasteiger partial charge in [0.2, 0.25) is 11.8 Å². The second-order valence-corrected chi connectivity index (χ2v) is 10.4. The Labute approximate surface area is 266 Å². The molecular formula is C35H34N6O5. The minimum Gasteiger partial charge on any atom is -0.497 e. The molecule has 1 aromatic heterocycles. The first-order valence-electron chi connectivity index (χ1n) is 14.5. The Morgan fingerprint density at radius 2 is 1.61 bits per heavy atom. The van der Waals surface area contributed by atoms with Gasteiger partial charge in [0.15, 0.2) is 0 Å². The Kier molecular flexibility index (Phi) is 10.0. The Balaban J connectivity index is 1.27. The third-order valence-corrected chi connectivity index (χ3v) is 7.32. The van der Waals surface area contributed by atoms with E-state index < -0.39 is 11.9 Å². The summed E-state index contributed by atoms with van der Waals surface area (Å²) in [7, 11) is 4.76. The largest absolute Gasteiger partial charge is 0.497 e.